The van der Waals surface area contributed by atoms with Crippen LogP contribution < -0.4 is 5.56 Å². The first-order valence-corrected chi connectivity index (χ1v) is 7.95. The summed E-state index contributed by atoms with van der Waals surface area (Å²) in [4.78, 5) is 40.1. The minimum Gasteiger partial charge on any atom is -0.479 e. The number of H-pyrrole nitrogens is 1. The predicted octanol–water partition coefficient (Wildman–Crippen LogP) is 0.569. The van der Waals surface area contributed by atoms with Gasteiger partial charge in [0.05, 0.1) is 13.2 Å². The highest BCUT2D eigenvalue weighted by Gasteiger charge is 2.30. The fourth-order valence-corrected chi connectivity index (χ4v) is 3.16. The summed E-state index contributed by atoms with van der Waals surface area (Å²) < 4.78 is 5.11. The summed E-state index contributed by atoms with van der Waals surface area (Å²) in [5, 5.41) is 9.02. The van der Waals surface area contributed by atoms with Crippen molar-refractivity contribution in [1.82, 2.24) is 9.88 Å². The Kier molecular flexibility index (Phi) is 4.47. The Morgan fingerprint density at radius 1 is 1.26 bits per heavy atom. The Labute approximate surface area is 133 Å². The first kappa shape index (κ1) is 15.7. The molecule has 2 N–H and O–H groups in total. The Balaban J connectivity index is 1.86. The van der Waals surface area contributed by atoms with Crippen LogP contribution in [0.3, 0.4) is 0 Å². The van der Waals surface area contributed by atoms with Crippen LogP contribution in [0.2, 0.25) is 0 Å². The quantitative estimate of drug-likeness (QED) is 0.776. The van der Waals surface area contributed by atoms with Crippen LogP contribution in [-0.4, -0.2) is 52.7 Å². The number of carboxylic acid groups (broad SMARTS) is 1. The number of carbonyl (C=O) groups excluding carboxylic acids is 1. The maximum Gasteiger partial charge on any atom is 0.334 e. The Hall–Kier alpha value is -2.15. The van der Waals surface area contributed by atoms with Crippen LogP contribution in [0.4, 0.5) is 0 Å². The van der Waals surface area contributed by atoms with E-state index in [0.29, 0.717) is 6.54 Å². The standard InChI is InChI=1S/C16H20N2O5/c19-14-11(8-10-4-2-1-3-5-12(10)17-14)15(20)18-6-7-23-13(9-18)16(21)22/h8,13H,1-7,9H2,(H,17,19)(H,21,22). The number of aromatic amines is 1. The number of hydrogen-bond donors (Lipinski definition) is 2. The summed E-state index contributed by atoms with van der Waals surface area (Å²) >= 11 is 0. The van der Waals surface area contributed by atoms with Crippen LogP contribution in [0.5, 0.6) is 0 Å². The molecule has 1 saturated heterocycles. The van der Waals surface area contributed by atoms with Gasteiger partial charge in [-0.05, 0) is 37.3 Å². The molecule has 3 rings (SSSR count). The summed E-state index contributed by atoms with van der Waals surface area (Å²) in [6.07, 6.45) is 3.85. The normalized spacial score (nSPS) is 21.4. The number of amides is 1. The maximum atomic E-state index is 12.6. The minimum absolute atomic E-state index is 0.0370. The van der Waals surface area contributed by atoms with Gasteiger partial charge in [0.2, 0.25) is 0 Å². The maximum absolute atomic E-state index is 12.6. The topological polar surface area (TPSA) is 99.7 Å². The van der Waals surface area contributed by atoms with Gasteiger partial charge < -0.3 is 19.7 Å². The average molecular weight is 320 g/mol. The zero-order valence-corrected chi connectivity index (χ0v) is 12.8. The molecule has 1 aromatic heterocycles. The summed E-state index contributed by atoms with van der Waals surface area (Å²) in [5.41, 5.74) is 1.65. The number of morpholine rings is 1. The van der Waals surface area contributed by atoms with Crippen molar-refractivity contribution in [1.29, 1.82) is 0 Å². The van der Waals surface area contributed by atoms with Crippen LogP contribution in [-0.2, 0) is 22.4 Å². The average Bonchev–Trinajstić information content (AvgIpc) is 2.78. The lowest BCUT2D eigenvalue weighted by Crippen LogP contribution is -2.49. The van der Waals surface area contributed by atoms with E-state index in [1.807, 2.05) is 0 Å². The smallest absolute Gasteiger partial charge is 0.334 e. The third kappa shape index (κ3) is 3.29. The second-order valence-electron chi connectivity index (χ2n) is 6.03. The van der Waals surface area contributed by atoms with E-state index in [0.717, 1.165) is 43.4 Å². The molecule has 1 unspecified atom stereocenters. The number of pyridine rings is 1. The zero-order chi connectivity index (χ0) is 16.4. The number of aromatic nitrogens is 1. The molecule has 0 radical (unpaired) electrons. The number of carbonyl (C=O) groups is 2. The lowest BCUT2D eigenvalue weighted by Gasteiger charge is -2.30. The SMILES string of the molecule is O=C(O)C1CN(C(=O)c2cc3c([nH]c2=O)CCCCC3)CCO1. The van der Waals surface area contributed by atoms with Gasteiger partial charge in [-0.1, -0.05) is 6.42 Å². The van der Waals surface area contributed by atoms with Crippen LogP contribution in [0.25, 0.3) is 0 Å². The van der Waals surface area contributed by atoms with Crippen molar-refractivity contribution in [3.8, 4) is 0 Å². The number of rotatable bonds is 2. The van der Waals surface area contributed by atoms with E-state index in [9.17, 15) is 14.4 Å². The summed E-state index contributed by atoms with van der Waals surface area (Å²) in [5.74, 6) is -1.52. The van der Waals surface area contributed by atoms with Gasteiger partial charge in [0.15, 0.2) is 6.10 Å². The Morgan fingerprint density at radius 3 is 2.83 bits per heavy atom. The molecule has 7 nitrogen and oxygen atoms in total. The van der Waals surface area contributed by atoms with E-state index < -0.39 is 23.5 Å². The Morgan fingerprint density at radius 2 is 2.04 bits per heavy atom. The molecule has 23 heavy (non-hydrogen) atoms. The van der Waals surface area contributed by atoms with Crippen molar-refractivity contribution in [2.45, 2.75) is 38.2 Å². The van der Waals surface area contributed by atoms with Crippen molar-refractivity contribution in [3.63, 3.8) is 0 Å². The van der Waals surface area contributed by atoms with Crippen molar-refractivity contribution in [3.05, 3.63) is 33.2 Å². The van der Waals surface area contributed by atoms with E-state index in [-0.39, 0.29) is 18.7 Å². The minimum atomic E-state index is -1.10. The lowest BCUT2D eigenvalue weighted by molar-refractivity contribution is -0.154. The Bertz CT molecular complexity index is 682. The molecular formula is C16H20N2O5. The largest absolute Gasteiger partial charge is 0.479 e. The first-order chi connectivity index (χ1) is 11.1. The molecule has 1 aliphatic heterocycles. The van der Waals surface area contributed by atoms with E-state index in [4.69, 9.17) is 9.84 Å². The van der Waals surface area contributed by atoms with E-state index in [1.165, 1.54) is 4.90 Å². The first-order valence-electron chi connectivity index (χ1n) is 7.95. The van der Waals surface area contributed by atoms with Crippen LogP contribution in [0.1, 0.15) is 40.9 Å². The summed E-state index contributed by atoms with van der Waals surface area (Å²) in [7, 11) is 0. The van der Waals surface area contributed by atoms with Crippen molar-refractivity contribution < 1.29 is 19.4 Å². The van der Waals surface area contributed by atoms with Gasteiger partial charge in [-0.3, -0.25) is 9.59 Å². The van der Waals surface area contributed by atoms with Crippen molar-refractivity contribution in [2.75, 3.05) is 19.7 Å². The molecule has 1 amide bonds. The number of nitrogens with one attached hydrogen (secondary N) is 1. The molecule has 0 aromatic carbocycles. The van der Waals surface area contributed by atoms with Crippen LogP contribution in [0, 0.1) is 0 Å². The number of nitrogens with zero attached hydrogens (tertiary/aromatic N) is 1. The van der Waals surface area contributed by atoms with Gasteiger partial charge in [-0.2, -0.15) is 0 Å². The van der Waals surface area contributed by atoms with Gasteiger partial charge in [0.1, 0.15) is 5.56 Å². The molecule has 7 heteroatoms. The monoisotopic (exact) mass is 320 g/mol. The second kappa shape index (κ2) is 6.54. The summed E-state index contributed by atoms with van der Waals surface area (Å²) in [6.45, 7) is 0.412. The van der Waals surface area contributed by atoms with Crippen LogP contribution in [0.15, 0.2) is 10.9 Å². The third-order valence-electron chi connectivity index (χ3n) is 4.45. The van der Waals surface area contributed by atoms with E-state index in [2.05, 4.69) is 4.98 Å². The lowest BCUT2D eigenvalue weighted by atomic mass is 10.1. The molecule has 2 heterocycles. The van der Waals surface area contributed by atoms with Gasteiger partial charge >= 0.3 is 5.97 Å². The molecule has 0 spiro atoms. The summed E-state index contributed by atoms with van der Waals surface area (Å²) in [6, 6.07) is 1.69. The molecular weight excluding hydrogens is 300 g/mol. The fourth-order valence-electron chi connectivity index (χ4n) is 3.16. The van der Waals surface area contributed by atoms with E-state index in [1.54, 1.807) is 6.07 Å². The zero-order valence-electron chi connectivity index (χ0n) is 12.8. The van der Waals surface area contributed by atoms with Gasteiger partial charge in [0, 0.05) is 12.2 Å². The molecule has 0 bridgehead atoms. The number of aliphatic carboxylic acids is 1. The highest BCUT2D eigenvalue weighted by atomic mass is 16.5. The van der Waals surface area contributed by atoms with Gasteiger partial charge in [-0.25, -0.2) is 4.79 Å². The fraction of sp³-hybridized carbons (Fsp3) is 0.562. The van der Waals surface area contributed by atoms with Gasteiger partial charge in [0.25, 0.3) is 11.5 Å². The highest BCUT2D eigenvalue weighted by Crippen LogP contribution is 2.19. The molecule has 1 aliphatic carbocycles. The van der Waals surface area contributed by atoms with Gasteiger partial charge in [-0.15, -0.1) is 0 Å². The second-order valence-corrected chi connectivity index (χ2v) is 6.03. The number of hydrogen-bond acceptors (Lipinski definition) is 4. The number of carboxylic acids is 1. The number of aryl methyl sites for hydroxylation is 2. The molecule has 1 fully saturated rings. The van der Waals surface area contributed by atoms with Crippen molar-refractivity contribution >= 4 is 11.9 Å². The molecule has 124 valence electrons. The van der Waals surface area contributed by atoms with Crippen LogP contribution >= 0.6 is 0 Å². The molecule has 1 atom stereocenters. The van der Waals surface area contributed by atoms with E-state index >= 15 is 0 Å². The number of ether oxygens (including phenoxy) is 1. The predicted molar refractivity (Wildman–Crippen MR) is 81.6 cm³/mol. The highest BCUT2D eigenvalue weighted by molar-refractivity contribution is 5.94. The molecule has 1 aromatic rings. The number of fused-ring (bicyclic) bond motifs is 1. The molecule has 0 saturated carbocycles. The van der Waals surface area contributed by atoms with Crippen molar-refractivity contribution in [2.24, 2.45) is 0 Å². The third-order valence-corrected chi connectivity index (χ3v) is 4.45. The molecule has 2 aliphatic rings.